The highest BCUT2D eigenvalue weighted by atomic mass is 16.5. The van der Waals surface area contributed by atoms with Crippen molar-refractivity contribution in [2.75, 3.05) is 20.8 Å². The van der Waals surface area contributed by atoms with E-state index in [-0.39, 0.29) is 12.4 Å². The Morgan fingerprint density at radius 3 is 2.23 bits per heavy atom. The van der Waals surface area contributed by atoms with Gasteiger partial charge in [0.2, 0.25) is 0 Å². The van der Waals surface area contributed by atoms with E-state index in [0.29, 0.717) is 12.8 Å². The van der Waals surface area contributed by atoms with E-state index in [1.54, 1.807) is 0 Å². The fourth-order valence-corrected chi connectivity index (χ4v) is 1.59. The Morgan fingerprint density at radius 2 is 1.92 bits per heavy atom. The van der Waals surface area contributed by atoms with Gasteiger partial charge < -0.3 is 9.47 Å². The number of ketones is 1. The molecule has 1 aliphatic carbocycles. The van der Waals surface area contributed by atoms with Crippen LogP contribution in [0.5, 0.6) is 0 Å². The standard InChI is InChI=1S/C9H14O4/c1-12-6-7(10)9(4-3-5-9)8(11)13-2/h3-6H2,1-2H3. The third kappa shape index (κ3) is 1.58. The van der Waals surface area contributed by atoms with Gasteiger partial charge in [-0.2, -0.15) is 0 Å². The Kier molecular flexibility index (Phi) is 3.03. The zero-order valence-electron chi connectivity index (χ0n) is 7.96. The number of ether oxygens (including phenoxy) is 2. The molecule has 0 bridgehead atoms. The second kappa shape index (κ2) is 3.87. The summed E-state index contributed by atoms with van der Waals surface area (Å²) in [5.74, 6) is -0.575. The van der Waals surface area contributed by atoms with E-state index in [1.807, 2.05) is 0 Å². The maximum atomic E-state index is 11.5. The third-order valence-corrected chi connectivity index (χ3v) is 2.59. The lowest BCUT2D eigenvalue weighted by atomic mass is 9.66. The molecule has 0 atom stereocenters. The van der Waals surface area contributed by atoms with E-state index in [0.717, 1.165) is 6.42 Å². The van der Waals surface area contributed by atoms with Crippen LogP contribution >= 0.6 is 0 Å². The minimum absolute atomic E-state index is 0.00486. The van der Waals surface area contributed by atoms with Crippen LogP contribution in [0.3, 0.4) is 0 Å². The van der Waals surface area contributed by atoms with Gasteiger partial charge in [0.15, 0.2) is 5.78 Å². The molecule has 0 amide bonds. The summed E-state index contributed by atoms with van der Waals surface area (Å²) in [5.41, 5.74) is -0.884. The first-order valence-corrected chi connectivity index (χ1v) is 4.28. The molecule has 74 valence electrons. The van der Waals surface area contributed by atoms with Gasteiger partial charge in [-0.3, -0.25) is 9.59 Å². The first kappa shape index (κ1) is 10.2. The lowest BCUT2D eigenvalue weighted by molar-refractivity contribution is -0.165. The third-order valence-electron chi connectivity index (χ3n) is 2.59. The number of carbonyl (C=O) groups excluding carboxylic acids is 2. The van der Waals surface area contributed by atoms with Crippen molar-refractivity contribution in [1.29, 1.82) is 0 Å². The first-order chi connectivity index (χ1) is 6.17. The van der Waals surface area contributed by atoms with Crippen molar-refractivity contribution >= 4 is 11.8 Å². The highest BCUT2D eigenvalue weighted by molar-refractivity contribution is 6.05. The van der Waals surface area contributed by atoms with Crippen molar-refractivity contribution < 1.29 is 19.1 Å². The van der Waals surface area contributed by atoms with Gasteiger partial charge in [0.05, 0.1) is 7.11 Å². The van der Waals surface area contributed by atoms with Gasteiger partial charge in [-0.1, -0.05) is 6.42 Å². The molecule has 0 saturated heterocycles. The highest BCUT2D eigenvalue weighted by Gasteiger charge is 2.51. The van der Waals surface area contributed by atoms with Gasteiger partial charge in [0, 0.05) is 7.11 Å². The van der Waals surface area contributed by atoms with E-state index in [1.165, 1.54) is 14.2 Å². The number of carbonyl (C=O) groups is 2. The van der Waals surface area contributed by atoms with E-state index >= 15 is 0 Å². The molecular formula is C9H14O4. The molecule has 0 aromatic carbocycles. The molecular weight excluding hydrogens is 172 g/mol. The molecule has 13 heavy (non-hydrogen) atoms. The summed E-state index contributed by atoms with van der Waals surface area (Å²) in [7, 11) is 2.75. The van der Waals surface area contributed by atoms with Gasteiger partial charge in [-0.25, -0.2) is 0 Å². The van der Waals surface area contributed by atoms with Crippen molar-refractivity contribution in [3.63, 3.8) is 0 Å². The largest absolute Gasteiger partial charge is 0.468 e. The molecule has 4 heteroatoms. The molecule has 4 nitrogen and oxygen atoms in total. The molecule has 0 N–H and O–H groups in total. The molecule has 1 aliphatic rings. The lowest BCUT2D eigenvalue weighted by Crippen LogP contribution is -2.47. The van der Waals surface area contributed by atoms with Crippen LogP contribution in [0.1, 0.15) is 19.3 Å². The van der Waals surface area contributed by atoms with Crippen LogP contribution in [0.2, 0.25) is 0 Å². The van der Waals surface area contributed by atoms with Gasteiger partial charge in [0.25, 0.3) is 0 Å². The highest BCUT2D eigenvalue weighted by Crippen LogP contribution is 2.42. The number of rotatable bonds is 4. The predicted molar refractivity (Wildman–Crippen MR) is 45.2 cm³/mol. The van der Waals surface area contributed by atoms with Crippen molar-refractivity contribution in [2.24, 2.45) is 5.41 Å². The predicted octanol–water partition coefficient (Wildman–Crippen LogP) is 0.545. The number of hydrogen-bond donors (Lipinski definition) is 0. The molecule has 1 saturated carbocycles. The zero-order valence-corrected chi connectivity index (χ0v) is 7.96. The number of esters is 1. The summed E-state index contributed by atoms with van der Waals surface area (Å²) in [5, 5.41) is 0. The minimum Gasteiger partial charge on any atom is -0.468 e. The quantitative estimate of drug-likeness (QED) is 0.475. The van der Waals surface area contributed by atoms with Crippen LogP contribution in [0.15, 0.2) is 0 Å². The Bertz CT molecular complexity index is 218. The summed E-state index contributed by atoms with van der Waals surface area (Å²) < 4.78 is 9.33. The van der Waals surface area contributed by atoms with Crippen molar-refractivity contribution in [1.82, 2.24) is 0 Å². The van der Waals surface area contributed by atoms with Crippen LogP contribution in [-0.2, 0) is 19.1 Å². The summed E-state index contributed by atoms with van der Waals surface area (Å²) in [6.45, 7) is -0.00486. The lowest BCUT2D eigenvalue weighted by Gasteiger charge is -2.36. The molecule has 0 radical (unpaired) electrons. The van der Waals surface area contributed by atoms with E-state index in [9.17, 15) is 9.59 Å². The van der Waals surface area contributed by atoms with Crippen molar-refractivity contribution in [3.8, 4) is 0 Å². The van der Waals surface area contributed by atoms with Crippen LogP contribution in [0.4, 0.5) is 0 Å². The van der Waals surface area contributed by atoms with Gasteiger partial charge in [-0.05, 0) is 12.8 Å². The fourth-order valence-electron chi connectivity index (χ4n) is 1.59. The number of hydrogen-bond acceptors (Lipinski definition) is 4. The molecule has 0 heterocycles. The second-order valence-electron chi connectivity index (χ2n) is 3.28. The molecule has 1 rings (SSSR count). The van der Waals surface area contributed by atoms with E-state index in [4.69, 9.17) is 4.74 Å². The fraction of sp³-hybridized carbons (Fsp3) is 0.778. The monoisotopic (exact) mass is 186 g/mol. The SMILES string of the molecule is COCC(=O)C1(C(=O)OC)CCC1. The number of Topliss-reactive ketones (excluding diaryl/α,β-unsaturated/α-hetero) is 1. The summed E-state index contributed by atoms with van der Waals surface area (Å²) in [6, 6.07) is 0. The van der Waals surface area contributed by atoms with Crippen molar-refractivity contribution in [3.05, 3.63) is 0 Å². The Balaban J connectivity index is 2.69. The van der Waals surface area contributed by atoms with Crippen LogP contribution in [0.25, 0.3) is 0 Å². The second-order valence-corrected chi connectivity index (χ2v) is 3.28. The first-order valence-electron chi connectivity index (χ1n) is 4.28. The Hall–Kier alpha value is -0.900. The topological polar surface area (TPSA) is 52.6 Å². The Morgan fingerprint density at radius 1 is 1.31 bits per heavy atom. The molecule has 0 unspecified atom stereocenters. The molecule has 1 fully saturated rings. The molecule has 0 aliphatic heterocycles. The molecule has 0 spiro atoms. The van der Waals surface area contributed by atoms with Gasteiger partial charge in [-0.15, -0.1) is 0 Å². The van der Waals surface area contributed by atoms with Gasteiger partial charge in [0.1, 0.15) is 12.0 Å². The average Bonchev–Trinajstić information content (AvgIpc) is 2.02. The minimum atomic E-state index is -0.884. The maximum absolute atomic E-state index is 11.5. The van der Waals surface area contributed by atoms with E-state index in [2.05, 4.69) is 4.74 Å². The zero-order chi connectivity index (χ0) is 9.90. The Labute approximate surface area is 77.2 Å². The van der Waals surface area contributed by atoms with Gasteiger partial charge >= 0.3 is 5.97 Å². The van der Waals surface area contributed by atoms with Crippen LogP contribution in [0, 0.1) is 5.41 Å². The molecule has 0 aromatic heterocycles. The number of methoxy groups -OCH3 is 2. The van der Waals surface area contributed by atoms with Crippen LogP contribution in [-0.4, -0.2) is 32.6 Å². The van der Waals surface area contributed by atoms with E-state index < -0.39 is 11.4 Å². The summed E-state index contributed by atoms with van der Waals surface area (Å²) >= 11 is 0. The van der Waals surface area contributed by atoms with Crippen LogP contribution < -0.4 is 0 Å². The molecule has 0 aromatic rings. The summed E-state index contributed by atoms with van der Waals surface area (Å²) in [4.78, 5) is 22.9. The summed E-state index contributed by atoms with van der Waals surface area (Å²) in [6.07, 6.45) is 2.11. The maximum Gasteiger partial charge on any atom is 0.319 e. The normalized spacial score (nSPS) is 18.9. The smallest absolute Gasteiger partial charge is 0.319 e. The van der Waals surface area contributed by atoms with Crippen molar-refractivity contribution in [2.45, 2.75) is 19.3 Å². The average molecular weight is 186 g/mol.